The number of para-hydroxylation sites is 1. The van der Waals surface area contributed by atoms with Gasteiger partial charge in [-0.2, -0.15) is 5.10 Å². The molecule has 0 fully saturated rings. The van der Waals surface area contributed by atoms with Crippen molar-refractivity contribution < 1.29 is 23.5 Å². The smallest absolute Gasteiger partial charge is 0.272 e. The number of amides is 2. The molecule has 2 N–H and O–H groups in total. The van der Waals surface area contributed by atoms with Gasteiger partial charge in [-0.15, -0.1) is 0 Å². The van der Waals surface area contributed by atoms with Crippen LogP contribution in [0, 0.1) is 5.82 Å². The monoisotopic (exact) mass is 466 g/mol. The van der Waals surface area contributed by atoms with Crippen LogP contribution in [0.3, 0.4) is 0 Å². The van der Waals surface area contributed by atoms with Gasteiger partial charge in [0, 0.05) is 24.3 Å². The van der Waals surface area contributed by atoms with Crippen LogP contribution >= 0.6 is 0 Å². The Kier molecular flexibility index (Phi) is 7.10. The molecule has 178 valence electrons. The van der Waals surface area contributed by atoms with Gasteiger partial charge in [0.1, 0.15) is 11.5 Å². The number of carbonyl (C=O) groups excluding carboxylic acids is 2. The van der Waals surface area contributed by atoms with Gasteiger partial charge in [0.25, 0.3) is 11.8 Å². The number of ether oxygens (including phenoxy) is 2. The zero-order chi connectivity index (χ0) is 24.1. The molecule has 0 aliphatic heterocycles. The van der Waals surface area contributed by atoms with Gasteiger partial charge in [-0.1, -0.05) is 18.2 Å². The Morgan fingerprint density at radius 3 is 2.71 bits per heavy atom. The lowest BCUT2D eigenvalue weighted by Crippen LogP contribution is -2.28. The van der Waals surface area contributed by atoms with Crippen LogP contribution in [0.5, 0.6) is 11.5 Å². The summed E-state index contributed by atoms with van der Waals surface area (Å²) in [6, 6.07) is 11.6. The number of nitrogens with zero attached hydrogens (tertiary/aromatic N) is 2. The Hall–Kier alpha value is -3.88. The van der Waals surface area contributed by atoms with E-state index in [1.807, 2.05) is 6.92 Å². The zero-order valence-corrected chi connectivity index (χ0v) is 19.2. The van der Waals surface area contributed by atoms with Crippen LogP contribution in [0.2, 0.25) is 0 Å². The highest BCUT2D eigenvalue weighted by Gasteiger charge is 2.27. The Morgan fingerprint density at radius 2 is 1.94 bits per heavy atom. The maximum Gasteiger partial charge on any atom is 0.272 e. The summed E-state index contributed by atoms with van der Waals surface area (Å²) in [6.45, 7) is 2.49. The first-order valence-electron chi connectivity index (χ1n) is 11.2. The summed E-state index contributed by atoms with van der Waals surface area (Å²) in [4.78, 5) is 24.6. The molecule has 34 heavy (non-hydrogen) atoms. The molecule has 1 aliphatic rings. The minimum atomic E-state index is -0.381. The quantitative estimate of drug-likeness (QED) is 0.506. The fraction of sp³-hybridized carbons (Fsp3) is 0.320. The van der Waals surface area contributed by atoms with Crippen LogP contribution in [-0.2, 0) is 24.2 Å². The number of likely N-dealkylation sites (N-methyl/N-ethyl adjacent to an activating group) is 1. The van der Waals surface area contributed by atoms with E-state index in [1.165, 1.54) is 13.2 Å². The van der Waals surface area contributed by atoms with Crippen LogP contribution in [0.1, 0.15) is 40.7 Å². The second-order valence-electron chi connectivity index (χ2n) is 7.90. The van der Waals surface area contributed by atoms with Crippen LogP contribution in [0.25, 0.3) is 5.69 Å². The first kappa shape index (κ1) is 23.3. The third-order valence-electron chi connectivity index (χ3n) is 5.64. The van der Waals surface area contributed by atoms with Crippen LogP contribution in [-0.4, -0.2) is 41.9 Å². The first-order valence-corrected chi connectivity index (χ1v) is 11.2. The molecule has 2 aromatic carbocycles. The van der Waals surface area contributed by atoms with Crippen molar-refractivity contribution in [1.82, 2.24) is 20.4 Å². The van der Waals surface area contributed by atoms with E-state index in [4.69, 9.17) is 9.47 Å². The zero-order valence-electron chi connectivity index (χ0n) is 19.2. The highest BCUT2D eigenvalue weighted by atomic mass is 19.1. The number of fused-ring (bicyclic) bond motifs is 1. The molecule has 1 aromatic heterocycles. The molecule has 9 heteroatoms. The van der Waals surface area contributed by atoms with E-state index in [0.717, 1.165) is 36.1 Å². The van der Waals surface area contributed by atoms with Crippen LogP contribution in [0.15, 0.2) is 42.5 Å². The van der Waals surface area contributed by atoms with E-state index >= 15 is 0 Å². The summed E-state index contributed by atoms with van der Waals surface area (Å²) in [6.07, 6.45) is 2.38. The maximum atomic E-state index is 14.4. The predicted molar refractivity (Wildman–Crippen MR) is 124 cm³/mol. The molecule has 0 saturated carbocycles. The molecular formula is C25H27FN4O4. The van der Waals surface area contributed by atoms with Gasteiger partial charge in [0.15, 0.2) is 23.8 Å². The molecule has 0 saturated heterocycles. The fourth-order valence-electron chi connectivity index (χ4n) is 4.04. The number of rotatable bonds is 9. The van der Waals surface area contributed by atoms with Gasteiger partial charge >= 0.3 is 0 Å². The largest absolute Gasteiger partial charge is 0.493 e. The minimum Gasteiger partial charge on any atom is -0.493 e. The number of hydrogen-bond donors (Lipinski definition) is 2. The van der Waals surface area contributed by atoms with Gasteiger partial charge in [0.05, 0.1) is 7.11 Å². The number of nitrogens with one attached hydrogen (secondary N) is 2. The van der Waals surface area contributed by atoms with Gasteiger partial charge in [-0.25, -0.2) is 9.07 Å². The molecule has 0 bridgehead atoms. The normalized spacial score (nSPS) is 12.2. The summed E-state index contributed by atoms with van der Waals surface area (Å²) < 4.78 is 26.8. The van der Waals surface area contributed by atoms with E-state index in [9.17, 15) is 14.0 Å². The van der Waals surface area contributed by atoms with E-state index in [2.05, 4.69) is 15.7 Å². The van der Waals surface area contributed by atoms with Crippen molar-refractivity contribution in [2.24, 2.45) is 0 Å². The lowest BCUT2D eigenvalue weighted by molar-refractivity contribution is -0.123. The number of methoxy groups -OCH3 is 1. The number of halogens is 1. The highest BCUT2D eigenvalue weighted by Crippen LogP contribution is 2.30. The summed E-state index contributed by atoms with van der Waals surface area (Å²) in [5, 5.41) is 10.0. The van der Waals surface area contributed by atoms with Crippen molar-refractivity contribution in [2.75, 3.05) is 20.3 Å². The van der Waals surface area contributed by atoms with Crippen molar-refractivity contribution in [3.8, 4) is 17.2 Å². The summed E-state index contributed by atoms with van der Waals surface area (Å²) in [5.74, 6) is -0.0219. The maximum absolute atomic E-state index is 14.4. The Morgan fingerprint density at radius 1 is 1.12 bits per heavy atom. The average molecular weight is 467 g/mol. The van der Waals surface area contributed by atoms with E-state index in [1.54, 1.807) is 41.1 Å². The van der Waals surface area contributed by atoms with Gasteiger partial charge in [-0.3, -0.25) is 9.59 Å². The number of aromatic nitrogens is 2. The van der Waals surface area contributed by atoms with Crippen LogP contribution in [0.4, 0.5) is 4.39 Å². The molecule has 8 nitrogen and oxygen atoms in total. The number of carbonyl (C=O) groups is 2. The molecule has 0 atom stereocenters. The fourth-order valence-corrected chi connectivity index (χ4v) is 4.04. The lowest BCUT2D eigenvalue weighted by atomic mass is 10.1. The van der Waals surface area contributed by atoms with Crippen molar-refractivity contribution in [1.29, 1.82) is 0 Å². The molecule has 2 amide bonds. The van der Waals surface area contributed by atoms with Crippen LogP contribution < -0.4 is 20.1 Å². The summed E-state index contributed by atoms with van der Waals surface area (Å²) >= 11 is 0. The molecule has 1 aliphatic carbocycles. The number of benzene rings is 2. The summed E-state index contributed by atoms with van der Waals surface area (Å²) in [5.41, 5.74) is 3.20. The summed E-state index contributed by atoms with van der Waals surface area (Å²) in [7, 11) is 1.51. The first-order chi connectivity index (χ1) is 16.5. The second kappa shape index (κ2) is 10.4. The van der Waals surface area contributed by atoms with Crippen molar-refractivity contribution >= 4 is 11.8 Å². The predicted octanol–water partition coefficient (Wildman–Crippen LogP) is 2.95. The van der Waals surface area contributed by atoms with Gasteiger partial charge < -0.3 is 20.1 Å². The van der Waals surface area contributed by atoms with Gasteiger partial charge in [0.2, 0.25) is 0 Å². The Balaban J connectivity index is 1.47. The highest BCUT2D eigenvalue weighted by molar-refractivity contribution is 5.94. The topological polar surface area (TPSA) is 94.5 Å². The van der Waals surface area contributed by atoms with E-state index in [0.29, 0.717) is 29.4 Å². The molecule has 0 radical (unpaired) electrons. The second-order valence-corrected chi connectivity index (χ2v) is 7.90. The molecule has 1 heterocycles. The van der Waals surface area contributed by atoms with Crippen molar-refractivity contribution in [2.45, 2.75) is 32.7 Å². The third kappa shape index (κ3) is 4.88. The SMILES string of the molecule is CCNC(=O)COc1ccc(CNC(=O)c2nn(-c3ccccc3F)c3c2CCC3)cc1OC. The molecular weight excluding hydrogens is 439 g/mol. The minimum absolute atomic E-state index is 0.115. The Labute approximate surface area is 197 Å². The Bertz CT molecular complexity index is 1210. The standard InChI is InChI=1S/C25H27FN4O4/c1-3-27-23(31)15-34-21-12-11-16(13-22(21)33-2)14-28-25(32)24-17-7-6-10-19(17)30(29-24)20-9-5-4-8-18(20)26/h4-5,8-9,11-13H,3,6-7,10,14-15H2,1-2H3,(H,27,31)(H,28,32). The average Bonchev–Trinajstić information content (AvgIpc) is 3.45. The molecule has 3 aromatic rings. The van der Waals surface area contributed by atoms with E-state index in [-0.39, 0.29) is 30.8 Å². The lowest BCUT2D eigenvalue weighted by Gasteiger charge is -2.12. The van der Waals surface area contributed by atoms with Gasteiger partial charge in [-0.05, 0) is 56.0 Å². The molecule has 4 rings (SSSR count). The molecule has 0 unspecified atom stereocenters. The number of hydrogen-bond acceptors (Lipinski definition) is 5. The van der Waals surface area contributed by atoms with Crippen molar-refractivity contribution in [3.63, 3.8) is 0 Å². The molecule has 0 spiro atoms. The van der Waals surface area contributed by atoms with Crippen molar-refractivity contribution in [3.05, 3.63) is 70.8 Å². The third-order valence-corrected chi connectivity index (χ3v) is 5.64. The van der Waals surface area contributed by atoms with E-state index < -0.39 is 0 Å².